The minimum atomic E-state index is -4.44. The molecule has 0 aromatic heterocycles. The first-order chi connectivity index (χ1) is 8.65. The highest BCUT2D eigenvalue weighted by molar-refractivity contribution is 7.90. The highest BCUT2D eigenvalue weighted by Crippen LogP contribution is 2.27. The van der Waals surface area contributed by atoms with E-state index in [2.05, 4.69) is 8.37 Å². The molecule has 106 valence electrons. The van der Waals surface area contributed by atoms with Crippen molar-refractivity contribution in [2.75, 3.05) is 14.2 Å². The van der Waals surface area contributed by atoms with Gasteiger partial charge in [0.25, 0.3) is 25.9 Å². The van der Waals surface area contributed by atoms with Crippen LogP contribution in [0.3, 0.4) is 0 Å². The fraction of sp³-hybridized carbons (Fsp3) is 0.250. The van der Waals surface area contributed by atoms with E-state index >= 15 is 0 Å². The van der Waals surface area contributed by atoms with Gasteiger partial charge in [0.2, 0.25) is 0 Å². The van der Waals surface area contributed by atoms with Crippen molar-refractivity contribution < 1.29 is 30.1 Å². The first kappa shape index (κ1) is 15.5. The Morgan fingerprint density at radius 1 is 1.00 bits per heavy atom. The zero-order valence-corrected chi connectivity index (χ0v) is 11.4. The van der Waals surface area contributed by atoms with E-state index in [-0.39, 0.29) is 0 Å². The highest BCUT2D eigenvalue weighted by Gasteiger charge is 2.29. The molecule has 0 aliphatic carbocycles. The Morgan fingerprint density at radius 3 is 1.89 bits per heavy atom. The average Bonchev–Trinajstić information content (AvgIpc) is 2.37. The summed E-state index contributed by atoms with van der Waals surface area (Å²) in [6.07, 6.45) is 0. The van der Waals surface area contributed by atoms with Gasteiger partial charge < -0.3 is 0 Å². The maximum atomic E-state index is 11.6. The van der Waals surface area contributed by atoms with Crippen LogP contribution < -0.4 is 0 Å². The summed E-state index contributed by atoms with van der Waals surface area (Å²) in [6.45, 7) is 0. The lowest BCUT2D eigenvalue weighted by Gasteiger charge is -2.08. The van der Waals surface area contributed by atoms with Crippen LogP contribution in [0.25, 0.3) is 0 Å². The molecule has 0 fully saturated rings. The molecule has 0 bridgehead atoms. The molecular formula is C8H9NO8S2. The van der Waals surface area contributed by atoms with E-state index in [0.29, 0.717) is 6.07 Å². The number of hydrogen-bond donors (Lipinski definition) is 0. The van der Waals surface area contributed by atoms with Crippen molar-refractivity contribution >= 4 is 25.9 Å². The maximum absolute atomic E-state index is 11.6. The minimum Gasteiger partial charge on any atom is -0.270 e. The lowest BCUT2D eigenvalue weighted by atomic mass is 10.3. The Morgan fingerprint density at radius 2 is 1.47 bits per heavy atom. The van der Waals surface area contributed by atoms with Crippen molar-refractivity contribution in [2.45, 2.75) is 9.79 Å². The van der Waals surface area contributed by atoms with Crippen LogP contribution in [0.4, 0.5) is 5.69 Å². The zero-order valence-electron chi connectivity index (χ0n) is 9.76. The molecular weight excluding hydrogens is 302 g/mol. The summed E-state index contributed by atoms with van der Waals surface area (Å²) in [5, 5.41) is 10.6. The number of benzene rings is 1. The Bertz CT molecular complexity index is 706. The quantitative estimate of drug-likeness (QED) is 0.430. The first-order valence-electron chi connectivity index (χ1n) is 4.55. The third-order valence-electron chi connectivity index (χ3n) is 2.12. The number of rotatable bonds is 5. The van der Waals surface area contributed by atoms with Crippen molar-refractivity contribution in [3.8, 4) is 0 Å². The number of non-ortho nitro benzene ring substituents is 1. The summed E-state index contributed by atoms with van der Waals surface area (Å²) in [7, 11) is -7.15. The van der Waals surface area contributed by atoms with Gasteiger partial charge in [0, 0.05) is 12.1 Å². The largest absolute Gasteiger partial charge is 0.298 e. The molecule has 11 heteroatoms. The van der Waals surface area contributed by atoms with Gasteiger partial charge in [0.15, 0.2) is 0 Å². The van der Waals surface area contributed by atoms with E-state index in [1.54, 1.807) is 0 Å². The third-order valence-corrected chi connectivity index (χ3v) is 4.89. The molecule has 1 rings (SSSR count). The van der Waals surface area contributed by atoms with E-state index in [1.165, 1.54) is 0 Å². The fourth-order valence-corrected chi connectivity index (χ4v) is 3.28. The molecule has 1 aromatic carbocycles. The van der Waals surface area contributed by atoms with Crippen molar-refractivity contribution in [3.05, 3.63) is 28.3 Å². The van der Waals surface area contributed by atoms with Gasteiger partial charge in [-0.1, -0.05) is 0 Å². The number of nitro groups is 1. The summed E-state index contributed by atoms with van der Waals surface area (Å²) in [6, 6.07) is 2.20. The van der Waals surface area contributed by atoms with Gasteiger partial charge in [-0.05, 0) is 6.07 Å². The SMILES string of the molecule is COS(=O)(=O)c1ccc([N+](=O)[O-])cc1S(=O)(=O)OC. The van der Waals surface area contributed by atoms with Gasteiger partial charge >= 0.3 is 0 Å². The average molecular weight is 311 g/mol. The van der Waals surface area contributed by atoms with Crippen molar-refractivity contribution in [1.29, 1.82) is 0 Å². The summed E-state index contributed by atoms with van der Waals surface area (Å²) in [5.41, 5.74) is -0.592. The first-order valence-corrected chi connectivity index (χ1v) is 7.37. The Hall–Kier alpha value is -1.56. The van der Waals surface area contributed by atoms with E-state index < -0.39 is 40.6 Å². The topological polar surface area (TPSA) is 130 Å². The van der Waals surface area contributed by atoms with E-state index in [0.717, 1.165) is 26.4 Å². The summed E-state index contributed by atoms with van der Waals surface area (Å²) in [4.78, 5) is 8.14. The van der Waals surface area contributed by atoms with Crippen LogP contribution in [0.1, 0.15) is 0 Å². The van der Waals surface area contributed by atoms with Gasteiger partial charge in [-0.15, -0.1) is 0 Å². The molecule has 0 radical (unpaired) electrons. The molecule has 0 saturated carbocycles. The Kier molecular flexibility index (Phi) is 4.25. The molecule has 19 heavy (non-hydrogen) atoms. The van der Waals surface area contributed by atoms with Crippen LogP contribution in [-0.2, 0) is 28.6 Å². The maximum Gasteiger partial charge on any atom is 0.298 e. The van der Waals surface area contributed by atoms with Gasteiger partial charge in [-0.25, -0.2) is 0 Å². The van der Waals surface area contributed by atoms with Crippen molar-refractivity contribution in [2.24, 2.45) is 0 Å². The highest BCUT2D eigenvalue weighted by atomic mass is 32.2. The summed E-state index contributed by atoms with van der Waals surface area (Å²) < 4.78 is 54.7. The molecule has 9 nitrogen and oxygen atoms in total. The molecule has 0 aliphatic rings. The van der Waals surface area contributed by atoms with Crippen LogP contribution in [0, 0.1) is 10.1 Å². The smallest absolute Gasteiger partial charge is 0.270 e. The van der Waals surface area contributed by atoms with Crippen LogP contribution in [0.15, 0.2) is 28.0 Å². The molecule has 0 heterocycles. The summed E-state index contributed by atoms with van der Waals surface area (Å²) in [5.74, 6) is 0. The molecule has 0 amide bonds. The number of nitrogens with zero attached hydrogens (tertiary/aromatic N) is 1. The molecule has 0 atom stereocenters. The number of hydrogen-bond acceptors (Lipinski definition) is 8. The van der Waals surface area contributed by atoms with E-state index in [9.17, 15) is 26.9 Å². The minimum absolute atomic E-state index is 0.588. The van der Waals surface area contributed by atoms with Crippen molar-refractivity contribution in [1.82, 2.24) is 0 Å². The predicted octanol–water partition coefficient (Wildman–Crippen LogP) is 0.265. The van der Waals surface area contributed by atoms with Crippen molar-refractivity contribution in [3.63, 3.8) is 0 Å². The molecule has 0 aliphatic heterocycles. The van der Waals surface area contributed by atoms with E-state index in [4.69, 9.17) is 0 Å². The molecule has 0 N–H and O–H groups in total. The zero-order chi connectivity index (χ0) is 14.8. The monoisotopic (exact) mass is 311 g/mol. The van der Waals surface area contributed by atoms with Crippen LogP contribution in [0.2, 0.25) is 0 Å². The van der Waals surface area contributed by atoms with Gasteiger partial charge in [0.05, 0.1) is 19.1 Å². The van der Waals surface area contributed by atoms with Crippen LogP contribution >= 0.6 is 0 Å². The van der Waals surface area contributed by atoms with E-state index in [1.807, 2.05) is 0 Å². The second-order valence-electron chi connectivity index (χ2n) is 3.13. The normalized spacial score (nSPS) is 12.3. The van der Waals surface area contributed by atoms with Crippen LogP contribution in [0.5, 0.6) is 0 Å². The molecule has 0 spiro atoms. The lowest BCUT2D eigenvalue weighted by Crippen LogP contribution is -2.12. The predicted molar refractivity (Wildman–Crippen MR) is 61.5 cm³/mol. The standard InChI is InChI=1S/C8H9NO8S2/c1-16-18(12,13)7-4-3-6(9(10)11)5-8(7)19(14,15)17-2/h3-5H,1-2H3. The molecule has 1 aromatic rings. The Balaban J connectivity index is 3.73. The fourth-order valence-electron chi connectivity index (χ4n) is 1.19. The third kappa shape index (κ3) is 3.07. The molecule has 0 unspecified atom stereocenters. The van der Waals surface area contributed by atoms with Gasteiger partial charge in [0.1, 0.15) is 9.79 Å². The number of nitro benzene ring substituents is 1. The van der Waals surface area contributed by atoms with Crippen LogP contribution in [-0.4, -0.2) is 36.0 Å². The lowest BCUT2D eigenvalue weighted by molar-refractivity contribution is -0.385. The summed E-state index contributed by atoms with van der Waals surface area (Å²) >= 11 is 0. The second kappa shape index (κ2) is 5.21. The molecule has 0 saturated heterocycles. The Labute approximate surface area is 109 Å². The van der Waals surface area contributed by atoms with Gasteiger partial charge in [-0.3, -0.25) is 18.5 Å². The van der Waals surface area contributed by atoms with Gasteiger partial charge in [-0.2, -0.15) is 16.8 Å². The second-order valence-corrected chi connectivity index (χ2v) is 6.49.